The van der Waals surface area contributed by atoms with Crippen LogP contribution in [0.1, 0.15) is 28.8 Å². The minimum absolute atomic E-state index is 0.00492. The predicted molar refractivity (Wildman–Crippen MR) is 106 cm³/mol. The summed E-state index contributed by atoms with van der Waals surface area (Å²) in [4.78, 5) is 29.1. The van der Waals surface area contributed by atoms with E-state index in [9.17, 15) is 9.59 Å². The molecule has 1 fully saturated rings. The molecule has 5 heteroatoms. The maximum absolute atomic E-state index is 12.8. The molecule has 1 saturated carbocycles. The minimum atomic E-state index is -0.184. The van der Waals surface area contributed by atoms with Gasteiger partial charge in [-0.05, 0) is 53.8 Å². The number of nitrogens with zero attached hydrogens (tertiary/aromatic N) is 1. The lowest BCUT2D eigenvalue weighted by atomic mass is 10.0. The smallest absolute Gasteiger partial charge is 0.253 e. The van der Waals surface area contributed by atoms with E-state index in [0.29, 0.717) is 24.2 Å². The van der Waals surface area contributed by atoms with Gasteiger partial charge < -0.3 is 10.6 Å². The number of hydrogen-bond donors (Lipinski definition) is 2. The fourth-order valence-electron chi connectivity index (χ4n) is 3.07. The second-order valence-electron chi connectivity index (χ2n) is 6.88. The van der Waals surface area contributed by atoms with Crippen LogP contribution in [0.2, 0.25) is 0 Å². The van der Waals surface area contributed by atoms with E-state index in [1.54, 1.807) is 12.4 Å². The molecule has 2 amide bonds. The van der Waals surface area contributed by atoms with E-state index in [0.717, 1.165) is 29.2 Å². The summed E-state index contributed by atoms with van der Waals surface area (Å²) in [5.74, 6) is -0.108. The third kappa shape index (κ3) is 4.14. The molecule has 0 bridgehead atoms. The van der Waals surface area contributed by atoms with Crippen LogP contribution in [-0.2, 0) is 11.2 Å². The van der Waals surface area contributed by atoms with Crippen LogP contribution in [0, 0.1) is 5.92 Å². The van der Waals surface area contributed by atoms with Crippen molar-refractivity contribution in [2.75, 3.05) is 11.9 Å². The Kier molecular flexibility index (Phi) is 4.83. The number of aromatic nitrogens is 1. The summed E-state index contributed by atoms with van der Waals surface area (Å²) in [7, 11) is 0. The average Bonchev–Trinajstić information content (AvgIpc) is 3.53. The van der Waals surface area contributed by atoms with Crippen molar-refractivity contribution < 1.29 is 9.59 Å². The molecule has 0 radical (unpaired) electrons. The first kappa shape index (κ1) is 17.2. The Hall–Kier alpha value is -3.21. The Morgan fingerprint density at radius 3 is 2.52 bits per heavy atom. The molecule has 5 nitrogen and oxygen atoms in total. The zero-order valence-electron chi connectivity index (χ0n) is 14.9. The van der Waals surface area contributed by atoms with Crippen molar-refractivity contribution >= 4 is 28.3 Å². The zero-order chi connectivity index (χ0) is 18.6. The monoisotopic (exact) mass is 359 g/mol. The molecular weight excluding hydrogens is 338 g/mol. The summed E-state index contributed by atoms with van der Waals surface area (Å²) in [5, 5.41) is 7.86. The van der Waals surface area contributed by atoms with E-state index < -0.39 is 0 Å². The van der Waals surface area contributed by atoms with Crippen LogP contribution in [0.25, 0.3) is 10.8 Å². The van der Waals surface area contributed by atoms with Crippen molar-refractivity contribution in [1.29, 1.82) is 0 Å². The van der Waals surface area contributed by atoms with E-state index in [4.69, 9.17) is 0 Å². The number of fused-ring (bicyclic) bond motifs is 1. The van der Waals surface area contributed by atoms with Crippen LogP contribution < -0.4 is 10.6 Å². The zero-order valence-corrected chi connectivity index (χ0v) is 14.9. The Morgan fingerprint density at radius 1 is 1.04 bits per heavy atom. The predicted octanol–water partition coefficient (Wildman–Crippen LogP) is 3.56. The van der Waals surface area contributed by atoms with Crippen LogP contribution in [0.4, 0.5) is 5.69 Å². The van der Waals surface area contributed by atoms with Crippen molar-refractivity contribution in [1.82, 2.24) is 10.3 Å². The fourth-order valence-corrected chi connectivity index (χ4v) is 3.07. The summed E-state index contributed by atoms with van der Waals surface area (Å²) >= 11 is 0. The Labute approximate surface area is 157 Å². The van der Waals surface area contributed by atoms with Gasteiger partial charge in [-0.1, -0.05) is 30.3 Å². The lowest BCUT2D eigenvalue weighted by molar-refractivity contribution is -0.117. The first-order valence-corrected chi connectivity index (χ1v) is 9.21. The highest BCUT2D eigenvalue weighted by molar-refractivity contribution is 6.08. The highest BCUT2D eigenvalue weighted by Gasteiger charge is 2.30. The SMILES string of the molecule is O=C(NCCc1cccnc1)c1cc2ccccc2cc1NC(=O)C1CC1. The van der Waals surface area contributed by atoms with Gasteiger partial charge in [-0.15, -0.1) is 0 Å². The van der Waals surface area contributed by atoms with Crippen molar-refractivity contribution in [2.24, 2.45) is 5.92 Å². The highest BCUT2D eigenvalue weighted by atomic mass is 16.2. The number of pyridine rings is 1. The van der Waals surface area contributed by atoms with Crippen molar-refractivity contribution in [3.05, 3.63) is 72.1 Å². The fraction of sp³-hybridized carbons (Fsp3) is 0.227. The quantitative estimate of drug-likeness (QED) is 0.707. The highest BCUT2D eigenvalue weighted by Crippen LogP contribution is 2.31. The number of amides is 2. The van der Waals surface area contributed by atoms with Crippen LogP contribution in [0.15, 0.2) is 60.9 Å². The maximum atomic E-state index is 12.8. The van der Waals surface area contributed by atoms with Crippen molar-refractivity contribution in [3.8, 4) is 0 Å². The topological polar surface area (TPSA) is 71.1 Å². The number of hydrogen-bond acceptors (Lipinski definition) is 3. The summed E-state index contributed by atoms with van der Waals surface area (Å²) in [6, 6.07) is 15.4. The molecule has 1 aromatic heterocycles. The molecule has 3 aromatic rings. The van der Waals surface area contributed by atoms with Gasteiger partial charge in [0.1, 0.15) is 0 Å². The molecular formula is C22H21N3O2. The molecule has 2 N–H and O–H groups in total. The Morgan fingerprint density at radius 2 is 1.81 bits per heavy atom. The van der Waals surface area contributed by atoms with Crippen LogP contribution in [0.3, 0.4) is 0 Å². The summed E-state index contributed by atoms with van der Waals surface area (Å²) in [6.07, 6.45) is 6.07. The van der Waals surface area contributed by atoms with Gasteiger partial charge in [0.25, 0.3) is 5.91 Å². The molecule has 2 aromatic carbocycles. The molecule has 0 saturated heterocycles. The van der Waals surface area contributed by atoms with Gasteiger partial charge >= 0.3 is 0 Å². The van der Waals surface area contributed by atoms with Crippen molar-refractivity contribution in [2.45, 2.75) is 19.3 Å². The van der Waals surface area contributed by atoms with Gasteiger partial charge in [0, 0.05) is 24.9 Å². The standard InChI is InChI=1S/C22H21N3O2/c26-21(16-7-8-16)25-20-13-18-6-2-1-5-17(18)12-19(20)22(27)24-11-9-15-4-3-10-23-14-15/h1-6,10,12-14,16H,7-9,11H2,(H,24,27)(H,25,26). The van der Waals surface area contributed by atoms with Crippen LogP contribution >= 0.6 is 0 Å². The van der Waals surface area contributed by atoms with E-state index in [2.05, 4.69) is 15.6 Å². The number of carbonyl (C=O) groups is 2. The van der Waals surface area contributed by atoms with Gasteiger partial charge in [-0.2, -0.15) is 0 Å². The molecule has 27 heavy (non-hydrogen) atoms. The van der Waals surface area contributed by atoms with E-state index in [-0.39, 0.29) is 17.7 Å². The van der Waals surface area contributed by atoms with E-state index in [1.807, 2.05) is 48.5 Å². The third-order valence-electron chi connectivity index (χ3n) is 4.76. The molecule has 0 spiro atoms. The van der Waals surface area contributed by atoms with Crippen molar-refractivity contribution in [3.63, 3.8) is 0 Å². The van der Waals surface area contributed by atoms with Gasteiger partial charge in [0.05, 0.1) is 11.3 Å². The number of nitrogens with one attached hydrogen (secondary N) is 2. The summed E-state index contributed by atoms with van der Waals surface area (Å²) in [5.41, 5.74) is 2.14. The minimum Gasteiger partial charge on any atom is -0.352 e. The molecule has 1 aliphatic carbocycles. The lowest BCUT2D eigenvalue weighted by Crippen LogP contribution is -2.27. The second-order valence-corrected chi connectivity index (χ2v) is 6.88. The second kappa shape index (κ2) is 7.58. The average molecular weight is 359 g/mol. The first-order chi connectivity index (χ1) is 13.2. The normalized spacial score (nSPS) is 13.3. The summed E-state index contributed by atoms with van der Waals surface area (Å²) < 4.78 is 0. The third-order valence-corrected chi connectivity index (χ3v) is 4.76. The van der Waals surface area contributed by atoms with Crippen LogP contribution in [0.5, 0.6) is 0 Å². The number of anilines is 1. The van der Waals surface area contributed by atoms with Gasteiger partial charge in [-0.25, -0.2) is 0 Å². The van der Waals surface area contributed by atoms with E-state index >= 15 is 0 Å². The molecule has 0 unspecified atom stereocenters. The molecule has 0 aliphatic heterocycles. The molecule has 1 aliphatic rings. The lowest BCUT2D eigenvalue weighted by Gasteiger charge is -2.13. The number of rotatable bonds is 6. The molecule has 4 rings (SSSR count). The molecule has 136 valence electrons. The Bertz CT molecular complexity index is 981. The van der Waals surface area contributed by atoms with Gasteiger partial charge in [-0.3, -0.25) is 14.6 Å². The van der Waals surface area contributed by atoms with Gasteiger partial charge in [0.2, 0.25) is 5.91 Å². The largest absolute Gasteiger partial charge is 0.352 e. The summed E-state index contributed by atoms with van der Waals surface area (Å²) in [6.45, 7) is 0.507. The van der Waals surface area contributed by atoms with E-state index in [1.165, 1.54) is 0 Å². The number of carbonyl (C=O) groups excluding carboxylic acids is 2. The first-order valence-electron chi connectivity index (χ1n) is 9.21. The van der Waals surface area contributed by atoms with Gasteiger partial charge in [0.15, 0.2) is 0 Å². The molecule has 1 heterocycles. The molecule has 0 atom stereocenters. The number of benzene rings is 2. The maximum Gasteiger partial charge on any atom is 0.253 e. The Balaban J connectivity index is 1.54. The van der Waals surface area contributed by atoms with Crippen LogP contribution in [-0.4, -0.2) is 23.3 Å².